The predicted octanol–water partition coefficient (Wildman–Crippen LogP) is 2.56. The summed E-state index contributed by atoms with van der Waals surface area (Å²) in [6.07, 6.45) is 1.08. The van der Waals surface area contributed by atoms with E-state index in [9.17, 15) is 23.3 Å². The number of nitrogens with zero attached hydrogens (tertiary/aromatic N) is 1. The Labute approximate surface area is 133 Å². The van der Waals surface area contributed by atoms with E-state index in [4.69, 9.17) is 0 Å². The molecule has 0 aromatic heterocycles. The van der Waals surface area contributed by atoms with Crippen LogP contribution in [0.1, 0.15) is 15.9 Å². The van der Waals surface area contributed by atoms with Gasteiger partial charge in [0.25, 0.3) is 11.6 Å². The molecule has 0 radical (unpaired) electrons. The summed E-state index contributed by atoms with van der Waals surface area (Å²) in [5.41, 5.74) is 0.424. The number of carbonyl (C=O) groups is 1. The minimum absolute atomic E-state index is 0.0535. The number of nitro benzene ring substituents is 1. The quantitative estimate of drug-likeness (QED) is 0.683. The fourth-order valence-electron chi connectivity index (χ4n) is 2.07. The van der Waals surface area contributed by atoms with Gasteiger partial charge in [-0.05, 0) is 37.3 Å². The first-order chi connectivity index (χ1) is 10.7. The maximum Gasteiger partial charge on any atom is 0.285 e. The van der Waals surface area contributed by atoms with Crippen molar-refractivity contribution in [3.05, 3.63) is 63.7 Å². The smallest absolute Gasteiger partial charge is 0.285 e. The molecule has 0 aliphatic heterocycles. The molecule has 23 heavy (non-hydrogen) atoms. The highest BCUT2D eigenvalue weighted by molar-refractivity contribution is 7.90. The Bertz CT molecular complexity index is 873. The van der Waals surface area contributed by atoms with Gasteiger partial charge >= 0.3 is 0 Å². The number of nitrogens with one attached hydrogen (secondary N) is 1. The highest BCUT2D eigenvalue weighted by Crippen LogP contribution is 2.24. The standard InChI is InChI=1S/C15H14N2O5S/c1-10-4-3-5-13(14(10)17(19)20)15(18)16-11-6-8-12(9-7-11)23(2,21)22/h3-9H,1-2H3,(H,16,18). The van der Waals surface area contributed by atoms with E-state index >= 15 is 0 Å². The third-order valence-electron chi connectivity index (χ3n) is 3.21. The van der Waals surface area contributed by atoms with Crippen LogP contribution in [0.3, 0.4) is 0 Å². The van der Waals surface area contributed by atoms with Gasteiger partial charge in [0.2, 0.25) is 0 Å². The molecule has 0 atom stereocenters. The largest absolute Gasteiger partial charge is 0.322 e. The molecule has 0 saturated carbocycles. The lowest BCUT2D eigenvalue weighted by Crippen LogP contribution is -2.14. The molecule has 0 spiro atoms. The van der Waals surface area contributed by atoms with Crippen molar-refractivity contribution >= 4 is 27.1 Å². The summed E-state index contributed by atoms with van der Waals surface area (Å²) >= 11 is 0. The first-order valence-corrected chi connectivity index (χ1v) is 8.45. The normalized spacial score (nSPS) is 11.0. The van der Waals surface area contributed by atoms with Crippen LogP contribution in [0.2, 0.25) is 0 Å². The van der Waals surface area contributed by atoms with Crippen LogP contribution in [0.25, 0.3) is 0 Å². The van der Waals surface area contributed by atoms with Crippen LogP contribution >= 0.6 is 0 Å². The highest BCUT2D eigenvalue weighted by atomic mass is 32.2. The third-order valence-corrected chi connectivity index (χ3v) is 4.33. The number of aryl methyl sites for hydroxylation is 1. The maximum absolute atomic E-state index is 12.2. The molecule has 7 nitrogen and oxygen atoms in total. The molecule has 1 N–H and O–H groups in total. The number of hydrogen-bond donors (Lipinski definition) is 1. The Balaban J connectivity index is 2.30. The van der Waals surface area contributed by atoms with Crippen molar-refractivity contribution in [2.24, 2.45) is 0 Å². The number of anilines is 1. The molecule has 1 amide bonds. The minimum Gasteiger partial charge on any atom is -0.322 e. The average Bonchev–Trinajstić information content (AvgIpc) is 2.46. The van der Waals surface area contributed by atoms with Crippen molar-refractivity contribution in [1.82, 2.24) is 0 Å². The molecule has 0 saturated heterocycles. The van der Waals surface area contributed by atoms with Crippen molar-refractivity contribution in [2.75, 3.05) is 11.6 Å². The zero-order valence-electron chi connectivity index (χ0n) is 12.4. The summed E-state index contributed by atoms with van der Waals surface area (Å²) in [6, 6.07) is 10.0. The number of amides is 1. The zero-order chi connectivity index (χ0) is 17.2. The van der Waals surface area contributed by atoms with Gasteiger partial charge in [-0.15, -0.1) is 0 Å². The molecule has 0 fully saturated rings. The van der Waals surface area contributed by atoms with E-state index in [0.29, 0.717) is 11.3 Å². The van der Waals surface area contributed by atoms with Gasteiger partial charge in [0.05, 0.1) is 9.82 Å². The monoisotopic (exact) mass is 334 g/mol. The van der Waals surface area contributed by atoms with Crippen molar-refractivity contribution in [1.29, 1.82) is 0 Å². The van der Waals surface area contributed by atoms with Crippen LogP contribution in [0.5, 0.6) is 0 Å². The van der Waals surface area contributed by atoms with Gasteiger partial charge in [-0.25, -0.2) is 8.42 Å². The second-order valence-corrected chi connectivity index (χ2v) is 6.99. The molecule has 0 aliphatic rings. The van der Waals surface area contributed by atoms with Crippen LogP contribution in [0.15, 0.2) is 47.4 Å². The average molecular weight is 334 g/mol. The summed E-state index contributed by atoms with van der Waals surface area (Å²) in [4.78, 5) is 22.9. The molecule has 0 bridgehead atoms. The van der Waals surface area contributed by atoms with E-state index in [1.165, 1.54) is 30.3 Å². The first kappa shape index (κ1) is 16.6. The second kappa shape index (κ2) is 6.17. The van der Waals surface area contributed by atoms with Crippen LogP contribution in [-0.2, 0) is 9.84 Å². The molecule has 2 aromatic carbocycles. The Morgan fingerprint density at radius 1 is 1.13 bits per heavy atom. The van der Waals surface area contributed by atoms with Crippen LogP contribution < -0.4 is 5.32 Å². The van der Waals surface area contributed by atoms with Crippen molar-refractivity contribution < 1.29 is 18.1 Å². The Hall–Kier alpha value is -2.74. The van der Waals surface area contributed by atoms with Crippen LogP contribution in [0, 0.1) is 17.0 Å². The molecule has 2 rings (SSSR count). The Morgan fingerprint density at radius 2 is 1.74 bits per heavy atom. The van der Waals surface area contributed by atoms with E-state index in [-0.39, 0.29) is 16.1 Å². The topological polar surface area (TPSA) is 106 Å². The lowest BCUT2D eigenvalue weighted by Gasteiger charge is -2.08. The second-order valence-electron chi connectivity index (χ2n) is 4.98. The SMILES string of the molecule is Cc1cccc(C(=O)Nc2ccc(S(C)(=O)=O)cc2)c1[N+](=O)[O-]. The summed E-state index contributed by atoms with van der Waals surface area (Å²) < 4.78 is 22.8. The van der Waals surface area contributed by atoms with Crippen LogP contribution in [0.4, 0.5) is 11.4 Å². The number of benzene rings is 2. The minimum atomic E-state index is -3.33. The number of sulfone groups is 1. The van der Waals surface area contributed by atoms with Crippen molar-refractivity contribution in [2.45, 2.75) is 11.8 Å². The molecule has 8 heteroatoms. The summed E-state index contributed by atoms with van der Waals surface area (Å²) in [7, 11) is -3.33. The van der Waals surface area contributed by atoms with E-state index < -0.39 is 20.7 Å². The number of hydrogen-bond acceptors (Lipinski definition) is 5. The molecular formula is C15H14N2O5S. The predicted molar refractivity (Wildman–Crippen MR) is 85.3 cm³/mol. The third kappa shape index (κ3) is 3.72. The van der Waals surface area contributed by atoms with Gasteiger partial charge in [-0.2, -0.15) is 0 Å². The van der Waals surface area contributed by atoms with Gasteiger partial charge in [0, 0.05) is 17.5 Å². The number of para-hydroxylation sites is 1. The van der Waals surface area contributed by atoms with E-state index in [0.717, 1.165) is 6.26 Å². The fourth-order valence-corrected chi connectivity index (χ4v) is 2.70. The van der Waals surface area contributed by atoms with Gasteiger partial charge in [-0.1, -0.05) is 12.1 Å². The zero-order valence-corrected chi connectivity index (χ0v) is 13.3. The molecular weight excluding hydrogens is 320 g/mol. The van der Waals surface area contributed by atoms with Crippen molar-refractivity contribution in [3.63, 3.8) is 0 Å². The molecule has 120 valence electrons. The number of carbonyl (C=O) groups excluding carboxylic acids is 1. The summed E-state index contributed by atoms with van der Waals surface area (Å²) in [5.74, 6) is -0.632. The van der Waals surface area contributed by atoms with Crippen LogP contribution in [-0.4, -0.2) is 25.5 Å². The van der Waals surface area contributed by atoms with Gasteiger partial charge in [-0.3, -0.25) is 14.9 Å². The fraction of sp³-hybridized carbons (Fsp3) is 0.133. The van der Waals surface area contributed by atoms with Gasteiger partial charge < -0.3 is 5.32 Å². The number of nitro groups is 1. The van der Waals surface area contributed by atoms with E-state index in [2.05, 4.69) is 5.32 Å². The van der Waals surface area contributed by atoms with Gasteiger partial charge in [0.15, 0.2) is 9.84 Å². The van der Waals surface area contributed by atoms with Crippen molar-refractivity contribution in [3.8, 4) is 0 Å². The molecule has 0 heterocycles. The number of rotatable bonds is 4. The Morgan fingerprint density at radius 3 is 2.26 bits per heavy atom. The summed E-state index contributed by atoms with van der Waals surface area (Å²) in [6.45, 7) is 1.55. The van der Waals surface area contributed by atoms with E-state index in [1.54, 1.807) is 19.1 Å². The highest BCUT2D eigenvalue weighted by Gasteiger charge is 2.22. The first-order valence-electron chi connectivity index (χ1n) is 6.55. The molecule has 2 aromatic rings. The van der Waals surface area contributed by atoms with Gasteiger partial charge in [0.1, 0.15) is 5.56 Å². The molecule has 0 aliphatic carbocycles. The Kier molecular flexibility index (Phi) is 4.46. The van der Waals surface area contributed by atoms with E-state index in [1.807, 2.05) is 0 Å². The lowest BCUT2D eigenvalue weighted by atomic mass is 10.1. The molecule has 0 unspecified atom stereocenters. The maximum atomic E-state index is 12.2. The summed E-state index contributed by atoms with van der Waals surface area (Å²) in [5, 5.41) is 13.6. The lowest BCUT2D eigenvalue weighted by molar-refractivity contribution is -0.385.